The topological polar surface area (TPSA) is 23.5 Å². The van der Waals surface area contributed by atoms with Crippen LogP contribution < -0.4 is 0 Å². The molecule has 2 atom stereocenters. The minimum Gasteiger partial charge on any atom is -0.508 e. The average molecular weight is 273 g/mol. The van der Waals surface area contributed by atoms with Gasteiger partial charge in [0.15, 0.2) is 0 Å². The number of fused-ring (bicyclic) bond motifs is 2. The summed E-state index contributed by atoms with van der Waals surface area (Å²) in [7, 11) is 0. The Labute approximate surface area is 122 Å². The minimum absolute atomic E-state index is 0.375. The molecule has 2 heteroatoms. The third-order valence-electron chi connectivity index (χ3n) is 5.22. The molecule has 1 aromatic carbocycles. The highest BCUT2D eigenvalue weighted by Crippen LogP contribution is 2.52. The second-order valence-electron chi connectivity index (χ2n) is 8.23. The van der Waals surface area contributed by atoms with E-state index in [1.54, 1.807) is 0 Å². The van der Waals surface area contributed by atoms with E-state index in [0.29, 0.717) is 16.6 Å². The van der Waals surface area contributed by atoms with E-state index in [9.17, 15) is 5.11 Å². The predicted molar refractivity (Wildman–Crippen MR) is 82.8 cm³/mol. The van der Waals surface area contributed by atoms with E-state index < -0.39 is 0 Å². The molecule has 2 nitrogen and oxygen atoms in total. The van der Waals surface area contributed by atoms with E-state index >= 15 is 0 Å². The van der Waals surface area contributed by atoms with Crippen LogP contribution in [0, 0.1) is 17.8 Å². The summed E-state index contributed by atoms with van der Waals surface area (Å²) in [5.41, 5.74) is 3.54. The van der Waals surface area contributed by atoms with Crippen molar-refractivity contribution in [3.63, 3.8) is 0 Å². The highest BCUT2D eigenvalue weighted by Gasteiger charge is 2.49. The number of hydrogen-bond acceptors (Lipinski definition) is 2. The van der Waals surface area contributed by atoms with Gasteiger partial charge in [-0.15, -0.1) is 0 Å². The van der Waals surface area contributed by atoms with Crippen LogP contribution in [-0.4, -0.2) is 22.6 Å². The van der Waals surface area contributed by atoms with Gasteiger partial charge in [-0.05, 0) is 60.3 Å². The number of aromatic hydroxyl groups is 1. The van der Waals surface area contributed by atoms with Gasteiger partial charge in [-0.1, -0.05) is 26.8 Å². The van der Waals surface area contributed by atoms with Crippen LogP contribution >= 0.6 is 0 Å². The predicted octanol–water partition coefficient (Wildman–Crippen LogP) is 4.10. The van der Waals surface area contributed by atoms with Gasteiger partial charge in [-0.3, -0.25) is 4.90 Å². The number of aryl methyl sites for hydroxylation is 1. The minimum atomic E-state index is 0.375. The van der Waals surface area contributed by atoms with E-state index in [1.807, 2.05) is 12.1 Å². The molecule has 0 spiro atoms. The van der Waals surface area contributed by atoms with E-state index in [1.165, 1.54) is 36.9 Å². The summed E-state index contributed by atoms with van der Waals surface area (Å²) in [6.07, 6.45) is 4.02. The Balaban J connectivity index is 1.79. The number of rotatable bonds is 2. The number of likely N-dealkylation sites (tertiary alicyclic amines) is 1. The largest absolute Gasteiger partial charge is 0.508 e. The van der Waals surface area contributed by atoms with Crippen molar-refractivity contribution < 1.29 is 5.11 Å². The van der Waals surface area contributed by atoms with Crippen molar-refractivity contribution in [2.24, 2.45) is 10.8 Å². The Hall–Kier alpha value is -1.02. The van der Waals surface area contributed by atoms with Crippen LogP contribution in [0.15, 0.2) is 18.2 Å². The summed E-state index contributed by atoms with van der Waals surface area (Å²) >= 11 is 0. The Bertz CT molecular complexity index is 522. The van der Waals surface area contributed by atoms with Crippen LogP contribution in [0.1, 0.15) is 51.2 Å². The molecule has 0 radical (unpaired) electrons. The summed E-state index contributed by atoms with van der Waals surface area (Å²) < 4.78 is 0. The molecule has 1 N–H and O–H groups in total. The van der Waals surface area contributed by atoms with Gasteiger partial charge in [0.1, 0.15) is 5.75 Å². The van der Waals surface area contributed by atoms with Crippen molar-refractivity contribution in [3.8, 4) is 5.75 Å². The maximum atomic E-state index is 9.54. The molecule has 2 bridgehead atoms. The van der Waals surface area contributed by atoms with Crippen molar-refractivity contribution in [3.05, 3.63) is 29.3 Å². The monoisotopic (exact) mass is 273 g/mol. The van der Waals surface area contributed by atoms with Gasteiger partial charge >= 0.3 is 0 Å². The van der Waals surface area contributed by atoms with E-state index in [-0.39, 0.29) is 0 Å². The molecular formula is C18H27NO. The molecule has 1 aliphatic heterocycles. The van der Waals surface area contributed by atoms with Gasteiger partial charge in [-0.25, -0.2) is 0 Å². The molecule has 0 amide bonds. The van der Waals surface area contributed by atoms with E-state index in [4.69, 9.17) is 0 Å². The summed E-state index contributed by atoms with van der Waals surface area (Å²) in [5.74, 6) is 0.375. The lowest BCUT2D eigenvalue weighted by Crippen LogP contribution is -2.34. The Morgan fingerprint density at radius 3 is 2.70 bits per heavy atom. The van der Waals surface area contributed by atoms with Gasteiger partial charge in [0.2, 0.25) is 0 Å². The average Bonchev–Trinajstić information content (AvgIpc) is 2.51. The maximum absolute atomic E-state index is 9.54. The number of nitrogens with zero attached hydrogens (tertiary/aromatic N) is 1. The molecule has 0 aromatic heterocycles. The normalized spacial score (nSPS) is 32.5. The van der Waals surface area contributed by atoms with Crippen LogP contribution in [0.3, 0.4) is 0 Å². The molecule has 1 saturated carbocycles. The summed E-state index contributed by atoms with van der Waals surface area (Å²) in [5, 5.41) is 9.54. The lowest BCUT2D eigenvalue weighted by atomic mass is 9.65. The van der Waals surface area contributed by atoms with E-state index in [2.05, 4.69) is 38.7 Å². The van der Waals surface area contributed by atoms with Gasteiger partial charge in [0.05, 0.1) is 0 Å². The molecule has 1 heterocycles. The van der Waals surface area contributed by atoms with Crippen LogP contribution in [0.4, 0.5) is 0 Å². The molecule has 110 valence electrons. The van der Waals surface area contributed by atoms with Crippen LogP contribution in [0.25, 0.3) is 0 Å². The lowest BCUT2D eigenvalue weighted by molar-refractivity contribution is 0.126. The van der Waals surface area contributed by atoms with Gasteiger partial charge < -0.3 is 5.11 Å². The third kappa shape index (κ3) is 2.58. The fraction of sp³-hybridized carbons (Fsp3) is 0.667. The van der Waals surface area contributed by atoms with E-state index in [0.717, 1.165) is 12.6 Å². The fourth-order valence-corrected chi connectivity index (χ4v) is 4.84. The third-order valence-corrected chi connectivity index (χ3v) is 5.22. The smallest absolute Gasteiger partial charge is 0.115 e. The highest BCUT2D eigenvalue weighted by molar-refractivity contribution is 5.34. The summed E-state index contributed by atoms with van der Waals surface area (Å²) in [4.78, 5) is 2.67. The molecule has 2 aliphatic rings. The van der Waals surface area contributed by atoms with Crippen molar-refractivity contribution in [1.82, 2.24) is 4.90 Å². The maximum Gasteiger partial charge on any atom is 0.115 e. The second-order valence-corrected chi connectivity index (χ2v) is 8.23. The standard InChI is InChI=1S/C18H27NO/c1-13-7-16(20)6-5-14(13)10-19-12-18(4)9-15(19)8-17(2,3)11-18/h5-7,15,20H,8-12H2,1-4H3. The van der Waals surface area contributed by atoms with Crippen LogP contribution in [0.2, 0.25) is 0 Å². The molecule has 1 aromatic rings. The Kier molecular flexibility index (Phi) is 3.13. The molecule has 3 rings (SSSR count). The lowest BCUT2D eigenvalue weighted by Gasteiger charge is -2.40. The first-order chi connectivity index (χ1) is 9.26. The second kappa shape index (κ2) is 4.49. The number of benzene rings is 1. The van der Waals surface area contributed by atoms with Crippen LogP contribution in [0.5, 0.6) is 5.75 Å². The van der Waals surface area contributed by atoms with Crippen molar-refractivity contribution in [2.45, 2.75) is 59.5 Å². The molecule has 1 saturated heterocycles. The number of hydrogen-bond donors (Lipinski definition) is 1. The molecule has 2 fully saturated rings. The van der Waals surface area contributed by atoms with Crippen molar-refractivity contribution in [1.29, 1.82) is 0 Å². The first-order valence-electron chi connectivity index (χ1n) is 7.79. The summed E-state index contributed by atoms with van der Waals surface area (Å²) in [6, 6.07) is 6.51. The van der Waals surface area contributed by atoms with Crippen molar-refractivity contribution in [2.75, 3.05) is 6.54 Å². The van der Waals surface area contributed by atoms with Crippen LogP contribution in [-0.2, 0) is 6.54 Å². The zero-order valence-corrected chi connectivity index (χ0v) is 13.2. The molecule has 1 aliphatic carbocycles. The zero-order chi connectivity index (χ0) is 14.5. The first-order valence-corrected chi connectivity index (χ1v) is 7.79. The summed E-state index contributed by atoms with van der Waals surface area (Å²) in [6.45, 7) is 11.7. The van der Waals surface area contributed by atoms with Gasteiger partial charge in [0, 0.05) is 19.1 Å². The Morgan fingerprint density at radius 2 is 2.00 bits per heavy atom. The highest BCUT2D eigenvalue weighted by atomic mass is 16.3. The number of phenolic OH excluding ortho intramolecular Hbond substituents is 1. The number of phenols is 1. The quantitative estimate of drug-likeness (QED) is 0.877. The van der Waals surface area contributed by atoms with Crippen molar-refractivity contribution >= 4 is 0 Å². The molecule has 2 unspecified atom stereocenters. The van der Waals surface area contributed by atoms with Gasteiger partial charge in [-0.2, -0.15) is 0 Å². The fourth-order valence-electron chi connectivity index (χ4n) is 4.84. The SMILES string of the molecule is Cc1cc(O)ccc1CN1CC2(C)CC1CC(C)(C)C2. The Morgan fingerprint density at radius 1 is 1.25 bits per heavy atom. The molecular weight excluding hydrogens is 246 g/mol. The van der Waals surface area contributed by atoms with Gasteiger partial charge in [0.25, 0.3) is 0 Å². The first kappa shape index (κ1) is 13.9. The zero-order valence-electron chi connectivity index (χ0n) is 13.2. The molecule has 20 heavy (non-hydrogen) atoms.